The van der Waals surface area contributed by atoms with Crippen LogP contribution in [0, 0.1) is 3.57 Å². The molecular weight excluding hydrogens is 670 g/mol. The van der Waals surface area contributed by atoms with E-state index in [1.54, 1.807) is 0 Å². The van der Waals surface area contributed by atoms with Crippen LogP contribution in [0.2, 0.25) is 5.02 Å². The van der Waals surface area contributed by atoms with Crippen LogP contribution in [0.3, 0.4) is 0 Å². The quantitative estimate of drug-likeness (QED) is 0.203. The summed E-state index contributed by atoms with van der Waals surface area (Å²) in [5.74, 6) is 0.501. The Labute approximate surface area is 221 Å². The highest BCUT2D eigenvalue weighted by Gasteiger charge is 2.29. The molecule has 3 aromatic carbocycles. The van der Waals surface area contributed by atoms with Gasteiger partial charge in [-0.1, -0.05) is 61.7 Å². The molecule has 0 saturated heterocycles. The van der Waals surface area contributed by atoms with E-state index in [-0.39, 0.29) is 5.91 Å². The minimum Gasteiger partial charge on any atom is -0.487 e. The number of nitrogens with zero attached hydrogens (tertiary/aromatic N) is 2. The number of hydrogen-bond donors (Lipinski definition) is 0. The van der Waals surface area contributed by atoms with Crippen LogP contribution in [0.5, 0.6) is 5.75 Å². The van der Waals surface area contributed by atoms with Crippen molar-refractivity contribution < 1.29 is 9.53 Å². The lowest BCUT2D eigenvalue weighted by atomic mass is 10.1. The van der Waals surface area contributed by atoms with E-state index in [4.69, 9.17) is 16.3 Å². The largest absolute Gasteiger partial charge is 0.487 e. The summed E-state index contributed by atoms with van der Waals surface area (Å²) in [5.41, 5.74) is 3.54. The first-order valence-electron chi connectivity index (χ1n) is 9.56. The molecule has 1 heterocycles. The molecule has 0 unspecified atom stereocenters. The standard InChI is InChI=1S/C24H16Br2ClIN2O2/c1-14-20(24(31)30(29-14)19-8-6-17(25)7-9-19)11-16-10-18(26)12-22(28)23(16)32-13-15-4-2-3-5-21(15)27/h2-12H,13H2,1H3. The minimum atomic E-state index is -0.183. The predicted octanol–water partition coefficient (Wildman–Crippen LogP) is 7.85. The highest BCUT2D eigenvalue weighted by Crippen LogP contribution is 2.34. The van der Waals surface area contributed by atoms with Crippen LogP contribution in [-0.2, 0) is 11.4 Å². The third-order valence-corrected chi connectivity index (χ3v) is 6.96. The van der Waals surface area contributed by atoms with Crippen molar-refractivity contribution in [1.82, 2.24) is 0 Å². The summed E-state index contributed by atoms with van der Waals surface area (Å²) < 4.78 is 8.92. The van der Waals surface area contributed by atoms with Crippen molar-refractivity contribution in [3.63, 3.8) is 0 Å². The third-order valence-electron chi connectivity index (χ3n) is 4.80. The summed E-state index contributed by atoms with van der Waals surface area (Å²) in [4.78, 5) is 13.2. The van der Waals surface area contributed by atoms with Gasteiger partial charge >= 0.3 is 0 Å². The summed E-state index contributed by atoms with van der Waals surface area (Å²) in [6.07, 6.45) is 1.83. The van der Waals surface area contributed by atoms with E-state index in [0.717, 1.165) is 23.6 Å². The zero-order chi connectivity index (χ0) is 22.8. The Kier molecular flexibility index (Phi) is 7.39. The van der Waals surface area contributed by atoms with Crippen molar-refractivity contribution in [3.8, 4) is 5.75 Å². The maximum atomic E-state index is 13.2. The van der Waals surface area contributed by atoms with Gasteiger partial charge in [-0.25, -0.2) is 0 Å². The summed E-state index contributed by atoms with van der Waals surface area (Å²) in [7, 11) is 0. The molecule has 1 aliphatic rings. The molecule has 0 N–H and O–H groups in total. The van der Waals surface area contributed by atoms with Gasteiger partial charge in [-0.05, 0) is 78.1 Å². The lowest BCUT2D eigenvalue weighted by Crippen LogP contribution is -2.21. The van der Waals surface area contributed by atoms with E-state index in [9.17, 15) is 4.79 Å². The highest BCUT2D eigenvalue weighted by atomic mass is 127. The normalized spacial score (nSPS) is 14.8. The highest BCUT2D eigenvalue weighted by molar-refractivity contribution is 14.1. The second-order valence-electron chi connectivity index (χ2n) is 7.02. The number of rotatable bonds is 5. The van der Waals surface area contributed by atoms with Crippen molar-refractivity contribution in [3.05, 3.63) is 94.9 Å². The Morgan fingerprint density at radius 2 is 1.81 bits per heavy atom. The van der Waals surface area contributed by atoms with Gasteiger partial charge in [0.15, 0.2) is 0 Å². The van der Waals surface area contributed by atoms with Crippen LogP contribution in [0.1, 0.15) is 18.1 Å². The molecule has 0 fully saturated rings. The molecule has 0 spiro atoms. The second-order valence-corrected chi connectivity index (χ2v) is 10.4. The number of ether oxygens (including phenoxy) is 1. The molecule has 0 saturated carbocycles. The first kappa shape index (κ1) is 23.5. The fourth-order valence-corrected chi connectivity index (χ4v) is 5.36. The summed E-state index contributed by atoms with van der Waals surface area (Å²) in [5, 5.41) is 6.54. The van der Waals surface area contributed by atoms with Gasteiger partial charge in [-0.2, -0.15) is 10.1 Å². The minimum absolute atomic E-state index is 0.183. The van der Waals surface area contributed by atoms with Crippen LogP contribution in [0.15, 0.2) is 80.3 Å². The Bertz CT molecular complexity index is 1260. The third kappa shape index (κ3) is 5.11. The lowest BCUT2D eigenvalue weighted by Gasteiger charge is -2.14. The number of halogens is 4. The molecular formula is C24H16Br2ClIN2O2. The smallest absolute Gasteiger partial charge is 0.280 e. The van der Waals surface area contributed by atoms with Gasteiger partial charge in [0.05, 0.1) is 20.5 Å². The number of hydrazone groups is 1. The number of carbonyl (C=O) groups is 1. The SMILES string of the molecule is CC1=NN(c2ccc(Br)cc2)C(=O)C1=Cc1cc(Br)cc(I)c1OCc1ccccc1Cl. The predicted molar refractivity (Wildman–Crippen MR) is 145 cm³/mol. The van der Waals surface area contributed by atoms with Crippen LogP contribution >= 0.6 is 66.1 Å². The molecule has 0 radical (unpaired) electrons. The maximum Gasteiger partial charge on any atom is 0.280 e. The molecule has 1 aliphatic heterocycles. The Morgan fingerprint density at radius 1 is 1.09 bits per heavy atom. The number of hydrogen-bond acceptors (Lipinski definition) is 3. The number of anilines is 1. The first-order chi connectivity index (χ1) is 15.3. The second kappa shape index (κ2) is 10.1. The molecule has 32 heavy (non-hydrogen) atoms. The van der Waals surface area contributed by atoms with Crippen molar-refractivity contribution in [2.75, 3.05) is 5.01 Å². The van der Waals surface area contributed by atoms with E-state index >= 15 is 0 Å². The van der Waals surface area contributed by atoms with Gasteiger partial charge < -0.3 is 4.74 Å². The molecule has 0 atom stereocenters. The molecule has 3 aromatic rings. The van der Waals surface area contributed by atoms with Crippen LogP contribution in [0.4, 0.5) is 5.69 Å². The van der Waals surface area contributed by atoms with Crippen molar-refractivity contribution in [1.29, 1.82) is 0 Å². The molecule has 4 nitrogen and oxygen atoms in total. The van der Waals surface area contributed by atoms with E-state index in [1.807, 2.05) is 73.7 Å². The molecule has 0 aromatic heterocycles. The van der Waals surface area contributed by atoms with Gasteiger partial charge in [-0.3, -0.25) is 4.79 Å². The van der Waals surface area contributed by atoms with Crippen molar-refractivity contribution >= 4 is 89.4 Å². The van der Waals surface area contributed by atoms with Gasteiger partial charge in [-0.15, -0.1) is 0 Å². The van der Waals surface area contributed by atoms with E-state index in [2.05, 4.69) is 59.6 Å². The number of amides is 1. The summed E-state index contributed by atoms with van der Waals surface area (Å²) >= 11 is 15.5. The fourth-order valence-electron chi connectivity index (χ4n) is 3.20. The molecule has 0 bridgehead atoms. The Hall–Kier alpha value is -1.68. The van der Waals surface area contributed by atoms with Crippen LogP contribution in [-0.4, -0.2) is 11.6 Å². The zero-order valence-corrected chi connectivity index (χ0v) is 22.9. The summed E-state index contributed by atoms with van der Waals surface area (Å²) in [6, 6.07) is 18.9. The Balaban J connectivity index is 1.67. The summed E-state index contributed by atoms with van der Waals surface area (Å²) in [6.45, 7) is 2.15. The van der Waals surface area contributed by atoms with Gasteiger partial charge in [0, 0.05) is 25.1 Å². The molecule has 1 amide bonds. The number of carbonyl (C=O) groups excluding carboxylic acids is 1. The molecule has 162 valence electrons. The van der Waals surface area contributed by atoms with Crippen LogP contribution < -0.4 is 9.75 Å². The lowest BCUT2D eigenvalue weighted by molar-refractivity contribution is -0.114. The van der Waals surface area contributed by atoms with Gasteiger partial charge in [0.2, 0.25) is 0 Å². The van der Waals surface area contributed by atoms with Crippen molar-refractivity contribution in [2.45, 2.75) is 13.5 Å². The van der Waals surface area contributed by atoms with Crippen LogP contribution in [0.25, 0.3) is 6.08 Å². The monoisotopic (exact) mass is 684 g/mol. The van der Waals surface area contributed by atoms with Crippen molar-refractivity contribution in [2.24, 2.45) is 5.10 Å². The first-order valence-corrected chi connectivity index (χ1v) is 12.6. The topological polar surface area (TPSA) is 41.9 Å². The van der Waals surface area contributed by atoms with E-state index < -0.39 is 0 Å². The average molecular weight is 687 g/mol. The maximum absolute atomic E-state index is 13.2. The van der Waals surface area contributed by atoms with E-state index in [0.29, 0.717) is 34.4 Å². The van der Waals surface area contributed by atoms with Gasteiger partial charge in [0.1, 0.15) is 12.4 Å². The zero-order valence-electron chi connectivity index (χ0n) is 16.8. The Morgan fingerprint density at radius 3 is 2.53 bits per heavy atom. The van der Waals surface area contributed by atoms with E-state index in [1.165, 1.54) is 5.01 Å². The number of benzene rings is 3. The average Bonchev–Trinajstić information content (AvgIpc) is 3.03. The molecule has 8 heteroatoms. The van der Waals surface area contributed by atoms with Gasteiger partial charge in [0.25, 0.3) is 5.91 Å². The molecule has 4 rings (SSSR count). The fraction of sp³-hybridized carbons (Fsp3) is 0.0833. The molecule has 0 aliphatic carbocycles.